The van der Waals surface area contributed by atoms with Crippen molar-refractivity contribution in [2.75, 3.05) is 0 Å². The molecule has 14 heavy (non-hydrogen) atoms. The molecule has 70 valence electrons. The zero-order valence-electron chi connectivity index (χ0n) is 7.31. The van der Waals surface area contributed by atoms with Crippen LogP contribution in [0, 0.1) is 10.1 Å². The van der Waals surface area contributed by atoms with Crippen LogP contribution in [0.15, 0.2) is 24.3 Å². The zero-order valence-corrected chi connectivity index (χ0v) is 10.9. The molecule has 0 unspecified atom stereocenters. The number of para-hydroxylation sites is 1. The Hall–Kier alpha value is -0.430. The van der Waals surface area contributed by atoms with Crippen molar-refractivity contribution in [2.24, 2.45) is 0 Å². The summed E-state index contributed by atoms with van der Waals surface area (Å²) in [5.41, 5.74) is -0.674. The van der Waals surface area contributed by atoms with E-state index in [4.69, 9.17) is 5.11 Å². The summed E-state index contributed by atoms with van der Waals surface area (Å²) in [5.74, 6) is -1.29. The van der Waals surface area contributed by atoms with Crippen LogP contribution in [-0.2, 0) is 0 Å². The van der Waals surface area contributed by atoms with Crippen molar-refractivity contribution in [3.8, 4) is 0 Å². The van der Waals surface area contributed by atoms with Gasteiger partial charge in [0.1, 0.15) is 5.56 Å². The SMILES string of the molecule is O=C(O)c1ccccc1[N+](=O)[O-].[Br-].[Na+]. The third-order valence-electron chi connectivity index (χ3n) is 1.33. The van der Waals surface area contributed by atoms with E-state index in [2.05, 4.69) is 0 Å². The minimum Gasteiger partial charge on any atom is -1.00 e. The molecule has 0 heterocycles. The minimum atomic E-state index is -1.29. The Morgan fingerprint density at radius 3 is 2.21 bits per heavy atom. The predicted octanol–water partition coefficient (Wildman–Crippen LogP) is -4.70. The topological polar surface area (TPSA) is 80.4 Å². The summed E-state index contributed by atoms with van der Waals surface area (Å²) >= 11 is 0. The van der Waals surface area contributed by atoms with Crippen molar-refractivity contribution >= 4 is 11.7 Å². The number of benzene rings is 1. The fourth-order valence-corrected chi connectivity index (χ4v) is 0.814. The van der Waals surface area contributed by atoms with E-state index in [1.165, 1.54) is 18.2 Å². The van der Waals surface area contributed by atoms with Gasteiger partial charge in [-0.15, -0.1) is 0 Å². The van der Waals surface area contributed by atoms with E-state index in [0.717, 1.165) is 6.07 Å². The summed E-state index contributed by atoms with van der Waals surface area (Å²) in [6.07, 6.45) is 0. The Morgan fingerprint density at radius 2 is 1.86 bits per heavy atom. The number of rotatable bonds is 2. The normalized spacial score (nSPS) is 8.00. The van der Waals surface area contributed by atoms with Crippen molar-refractivity contribution in [3.63, 3.8) is 0 Å². The number of nitrogens with zero attached hydrogens (tertiary/aromatic N) is 1. The number of hydrogen-bond donors (Lipinski definition) is 1. The molecule has 1 rings (SSSR count). The van der Waals surface area contributed by atoms with E-state index in [-0.39, 0.29) is 57.8 Å². The third kappa shape index (κ3) is 3.75. The van der Waals surface area contributed by atoms with Crippen LogP contribution in [0.25, 0.3) is 0 Å². The van der Waals surface area contributed by atoms with Gasteiger partial charge in [-0.3, -0.25) is 10.1 Å². The molecule has 0 aliphatic heterocycles. The Kier molecular flexibility index (Phi) is 7.94. The van der Waals surface area contributed by atoms with Gasteiger partial charge in [0.05, 0.1) is 4.92 Å². The second-order valence-corrected chi connectivity index (χ2v) is 2.08. The van der Waals surface area contributed by atoms with Gasteiger partial charge in [-0.2, -0.15) is 0 Å². The van der Waals surface area contributed by atoms with Crippen LogP contribution < -0.4 is 46.5 Å². The summed E-state index contributed by atoms with van der Waals surface area (Å²) in [7, 11) is 0. The van der Waals surface area contributed by atoms with Crippen LogP contribution in [0.5, 0.6) is 0 Å². The van der Waals surface area contributed by atoms with Crippen LogP contribution in [0.1, 0.15) is 10.4 Å². The molecule has 0 aromatic heterocycles. The molecule has 0 spiro atoms. The fraction of sp³-hybridized carbons (Fsp3) is 0. The van der Waals surface area contributed by atoms with Crippen molar-refractivity contribution in [1.29, 1.82) is 0 Å². The number of aromatic carboxylic acids is 1. The van der Waals surface area contributed by atoms with E-state index in [1.807, 2.05) is 0 Å². The molecule has 0 aliphatic rings. The maximum Gasteiger partial charge on any atom is 1.00 e. The molecular formula is C7H5BrNNaO4. The van der Waals surface area contributed by atoms with E-state index >= 15 is 0 Å². The predicted molar refractivity (Wildman–Crippen MR) is 40.1 cm³/mol. The van der Waals surface area contributed by atoms with Crippen molar-refractivity contribution in [2.45, 2.75) is 0 Å². The number of carbonyl (C=O) groups is 1. The average molecular weight is 270 g/mol. The number of carboxylic acid groups (broad SMARTS) is 1. The fourth-order valence-electron chi connectivity index (χ4n) is 0.814. The van der Waals surface area contributed by atoms with Crippen LogP contribution >= 0.6 is 0 Å². The molecule has 1 N–H and O–H groups in total. The van der Waals surface area contributed by atoms with Crippen LogP contribution in [0.4, 0.5) is 5.69 Å². The van der Waals surface area contributed by atoms with E-state index in [0.29, 0.717) is 0 Å². The van der Waals surface area contributed by atoms with E-state index in [1.54, 1.807) is 0 Å². The summed E-state index contributed by atoms with van der Waals surface area (Å²) < 4.78 is 0. The molecule has 0 amide bonds. The van der Waals surface area contributed by atoms with Gasteiger partial charge in [0.2, 0.25) is 0 Å². The summed E-state index contributed by atoms with van der Waals surface area (Å²) in [5, 5.41) is 18.8. The van der Waals surface area contributed by atoms with Gasteiger partial charge in [-0.1, -0.05) is 12.1 Å². The first-order valence-corrected chi connectivity index (χ1v) is 3.09. The molecule has 1 aromatic carbocycles. The monoisotopic (exact) mass is 269 g/mol. The Balaban J connectivity index is 0. The van der Waals surface area contributed by atoms with Crippen molar-refractivity contribution in [1.82, 2.24) is 0 Å². The average Bonchev–Trinajstić information content (AvgIpc) is 2.04. The van der Waals surface area contributed by atoms with Gasteiger partial charge in [0, 0.05) is 6.07 Å². The number of nitro benzene ring substituents is 1. The van der Waals surface area contributed by atoms with Gasteiger partial charge < -0.3 is 22.1 Å². The first-order chi connectivity index (χ1) is 5.63. The number of hydrogen-bond acceptors (Lipinski definition) is 3. The first kappa shape index (κ1) is 16.0. The second-order valence-electron chi connectivity index (χ2n) is 2.08. The molecule has 0 saturated heterocycles. The Bertz CT molecular complexity index is 311. The van der Waals surface area contributed by atoms with Crippen LogP contribution in [0.2, 0.25) is 0 Å². The molecule has 0 aliphatic carbocycles. The van der Waals surface area contributed by atoms with E-state index < -0.39 is 10.9 Å². The quantitative estimate of drug-likeness (QED) is 0.333. The van der Waals surface area contributed by atoms with E-state index in [9.17, 15) is 14.9 Å². The molecule has 0 bridgehead atoms. The molecule has 0 fully saturated rings. The molecule has 0 atom stereocenters. The first-order valence-electron chi connectivity index (χ1n) is 3.09. The Morgan fingerprint density at radius 1 is 1.36 bits per heavy atom. The molecule has 0 radical (unpaired) electrons. The standard InChI is InChI=1S/C7H5NO4.BrH.Na/c9-7(10)5-3-1-2-4-6(5)8(11)12;;/h1-4H,(H,9,10);1H;/q;;+1/p-1. The number of carboxylic acids is 1. The van der Waals surface area contributed by atoms with Gasteiger partial charge >= 0.3 is 35.5 Å². The molecule has 0 saturated carbocycles. The second kappa shape index (κ2) is 6.94. The largest absolute Gasteiger partial charge is 1.00 e. The Labute approximate surface area is 112 Å². The minimum absolute atomic E-state index is 0. The van der Waals surface area contributed by atoms with Crippen LogP contribution in [-0.4, -0.2) is 16.0 Å². The van der Waals surface area contributed by atoms with Crippen molar-refractivity contribution < 1.29 is 61.4 Å². The summed E-state index contributed by atoms with van der Waals surface area (Å²) in [6, 6.07) is 5.21. The number of nitro groups is 1. The molecule has 1 aromatic rings. The smallest absolute Gasteiger partial charge is 1.00 e. The maximum atomic E-state index is 10.4. The zero-order chi connectivity index (χ0) is 9.14. The summed E-state index contributed by atoms with van der Waals surface area (Å²) in [6.45, 7) is 0. The van der Waals surface area contributed by atoms with Gasteiger partial charge in [0.15, 0.2) is 0 Å². The number of halogens is 1. The van der Waals surface area contributed by atoms with Crippen LogP contribution in [0.3, 0.4) is 0 Å². The van der Waals surface area contributed by atoms with Gasteiger partial charge in [-0.25, -0.2) is 4.79 Å². The third-order valence-corrected chi connectivity index (χ3v) is 1.33. The molecule has 7 heteroatoms. The van der Waals surface area contributed by atoms with Gasteiger partial charge in [-0.05, 0) is 6.07 Å². The van der Waals surface area contributed by atoms with Gasteiger partial charge in [0.25, 0.3) is 5.69 Å². The maximum absolute atomic E-state index is 10.4. The summed E-state index contributed by atoms with van der Waals surface area (Å²) in [4.78, 5) is 20.0. The molecule has 5 nitrogen and oxygen atoms in total. The molecular weight excluding hydrogens is 265 g/mol. The van der Waals surface area contributed by atoms with Crippen molar-refractivity contribution in [3.05, 3.63) is 39.9 Å².